The lowest BCUT2D eigenvalue weighted by Crippen LogP contribution is -2.48. The van der Waals surface area contributed by atoms with Crippen molar-refractivity contribution in [2.75, 3.05) is 19.6 Å². The fraction of sp³-hybridized carbons (Fsp3) is 0.440. The van der Waals surface area contributed by atoms with Crippen LogP contribution in [0.5, 0.6) is 0 Å². The Kier molecular flexibility index (Phi) is 6.53. The predicted molar refractivity (Wildman–Crippen MR) is 115 cm³/mol. The summed E-state index contributed by atoms with van der Waals surface area (Å²) in [6.45, 7) is 0.972. The van der Waals surface area contributed by atoms with Crippen molar-refractivity contribution in [1.82, 2.24) is 10.2 Å². The van der Waals surface area contributed by atoms with Gasteiger partial charge in [0.25, 0.3) is 5.91 Å². The smallest absolute Gasteiger partial charge is 0.253 e. The number of halogens is 3. The van der Waals surface area contributed by atoms with Crippen molar-refractivity contribution in [2.24, 2.45) is 5.92 Å². The molecule has 2 fully saturated rings. The van der Waals surface area contributed by atoms with Crippen LogP contribution in [0.3, 0.4) is 0 Å². The SMILES string of the molecule is O=C(NCC1(c2c(F)cccc2F)CCCC1)C1CCCN(C(=O)c2ccc(F)cc2)C1. The van der Waals surface area contributed by atoms with Gasteiger partial charge in [-0.3, -0.25) is 9.59 Å². The Morgan fingerprint density at radius 1 is 0.969 bits per heavy atom. The molecule has 0 bridgehead atoms. The average molecular weight is 444 g/mol. The zero-order valence-electron chi connectivity index (χ0n) is 17.9. The Morgan fingerprint density at radius 2 is 1.62 bits per heavy atom. The Labute approximate surface area is 185 Å². The second-order valence-electron chi connectivity index (χ2n) is 8.90. The summed E-state index contributed by atoms with van der Waals surface area (Å²) in [5.41, 5.74) is -0.300. The van der Waals surface area contributed by atoms with Gasteiger partial charge in [0.2, 0.25) is 5.91 Å². The molecule has 1 atom stereocenters. The molecule has 7 heteroatoms. The van der Waals surface area contributed by atoms with Crippen LogP contribution in [0.2, 0.25) is 0 Å². The first-order chi connectivity index (χ1) is 15.4. The van der Waals surface area contributed by atoms with Gasteiger partial charge in [-0.05, 0) is 62.1 Å². The number of carbonyl (C=O) groups is 2. The molecule has 4 rings (SSSR count). The van der Waals surface area contributed by atoms with Crippen molar-refractivity contribution in [3.05, 3.63) is 71.0 Å². The second-order valence-corrected chi connectivity index (χ2v) is 8.90. The van der Waals surface area contributed by atoms with Crippen LogP contribution in [0.15, 0.2) is 42.5 Å². The molecule has 0 aromatic heterocycles. The van der Waals surface area contributed by atoms with Crippen molar-refractivity contribution in [3.63, 3.8) is 0 Å². The minimum absolute atomic E-state index is 0.0644. The molecule has 32 heavy (non-hydrogen) atoms. The number of piperidine rings is 1. The van der Waals surface area contributed by atoms with Crippen molar-refractivity contribution in [3.8, 4) is 0 Å². The number of hydrogen-bond acceptors (Lipinski definition) is 2. The first-order valence-corrected chi connectivity index (χ1v) is 11.2. The van der Waals surface area contributed by atoms with Gasteiger partial charge < -0.3 is 10.2 Å². The molecule has 170 valence electrons. The zero-order chi connectivity index (χ0) is 22.7. The van der Waals surface area contributed by atoms with Gasteiger partial charge >= 0.3 is 0 Å². The summed E-state index contributed by atoms with van der Waals surface area (Å²) in [5, 5.41) is 2.93. The van der Waals surface area contributed by atoms with Crippen LogP contribution >= 0.6 is 0 Å². The van der Waals surface area contributed by atoms with Gasteiger partial charge in [-0.25, -0.2) is 13.2 Å². The van der Waals surface area contributed by atoms with Crippen LogP contribution in [0.1, 0.15) is 54.4 Å². The molecule has 2 amide bonds. The lowest BCUT2D eigenvalue weighted by molar-refractivity contribution is -0.126. The van der Waals surface area contributed by atoms with Crippen LogP contribution in [-0.4, -0.2) is 36.3 Å². The Bertz CT molecular complexity index is 967. The third-order valence-corrected chi connectivity index (χ3v) is 6.83. The predicted octanol–water partition coefficient (Wildman–Crippen LogP) is 4.58. The highest BCUT2D eigenvalue weighted by Gasteiger charge is 2.40. The standard InChI is InChI=1S/C25H27F3N2O2/c26-19-10-8-17(9-11-19)24(32)30-14-4-5-18(15-30)23(31)29-16-25(12-1-2-13-25)22-20(27)6-3-7-21(22)28/h3,6-11,18H,1-2,4-5,12-16H2,(H,29,31). The van der Waals surface area contributed by atoms with E-state index in [-0.39, 0.29) is 30.5 Å². The molecule has 4 nitrogen and oxygen atoms in total. The fourth-order valence-electron chi connectivity index (χ4n) is 5.12. The van der Waals surface area contributed by atoms with Gasteiger partial charge in [0.1, 0.15) is 17.5 Å². The zero-order valence-corrected chi connectivity index (χ0v) is 17.9. The summed E-state index contributed by atoms with van der Waals surface area (Å²) < 4.78 is 42.2. The van der Waals surface area contributed by atoms with Crippen LogP contribution in [-0.2, 0) is 10.2 Å². The Morgan fingerprint density at radius 3 is 2.28 bits per heavy atom. The molecule has 1 N–H and O–H groups in total. The Hall–Kier alpha value is -2.83. The summed E-state index contributed by atoms with van der Waals surface area (Å²) in [6, 6.07) is 9.24. The van der Waals surface area contributed by atoms with Gasteiger partial charge in [-0.1, -0.05) is 18.9 Å². The molecule has 1 saturated heterocycles. The molecular formula is C25H27F3N2O2. The van der Waals surface area contributed by atoms with E-state index in [1.54, 1.807) is 4.90 Å². The van der Waals surface area contributed by atoms with Gasteiger partial charge in [0, 0.05) is 36.2 Å². The largest absolute Gasteiger partial charge is 0.355 e. The third-order valence-electron chi connectivity index (χ3n) is 6.83. The highest BCUT2D eigenvalue weighted by molar-refractivity contribution is 5.94. The van der Waals surface area contributed by atoms with Crippen LogP contribution in [0.25, 0.3) is 0 Å². The van der Waals surface area contributed by atoms with Gasteiger partial charge in [0.15, 0.2) is 0 Å². The van der Waals surface area contributed by atoms with Gasteiger partial charge in [0.05, 0.1) is 5.92 Å². The van der Waals surface area contributed by atoms with E-state index in [1.807, 2.05) is 0 Å². The van der Waals surface area contributed by atoms with Crippen molar-refractivity contribution in [1.29, 1.82) is 0 Å². The maximum atomic E-state index is 14.5. The third kappa shape index (κ3) is 4.52. The molecule has 0 spiro atoms. The molecule has 1 aliphatic carbocycles. The molecule has 1 aliphatic heterocycles. The quantitative estimate of drug-likeness (QED) is 0.734. The van der Waals surface area contributed by atoms with E-state index in [1.165, 1.54) is 42.5 Å². The van der Waals surface area contributed by atoms with E-state index in [9.17, 15) is 22.8 Å². The molecule has 1 heterocycles. The van der Waals surface area contributed by atoms with Crippen LogP contribution in [0, 0.1) is 23.4 Å². The number of nitrogens with one attached hydrogen (secondary N) is 1. The molecule has 0 radical (unpaired) electrons. The molecule has 1 unspecified atom stereocenters. The minimum atomic E-state index is -0.747. The maximum absolute atomic E-state index is 14.5. The summed E-state index contributed by atoms with van der Waals surface area (Å²) in [7, 11) is 0. The monoisotopic (exact) mass is 444 g/mol. The molecule has 2 aliphatic rings. The number of hydrogen-bond donors (Lipinski definition) is 1. The molecule has 2 aromatic carbocycles. The highest BCUT2D eigenvalue weighted by atomic mass is 19.1. The molecule has 1 saturated carbocycles. The van der Waals surface area contributed by atoms with Crippen molar-refractivity contribution >= 4 is 11.8 Å². The number of carbonyl (C=O) groups excluding carboxylic acids is 2. The van der Waals surface area contributed by atoms with E-state index in [2.05, 4.69) is 5.32 Å². The van der Waals surface area contributed by atoms with Crippen LogP contribution in [0.4, 0.5) is 13.2 Å². The van der Waals surface area contributed by atoms with Gasteiger partial charge in [-0.15, -0.1) is 0 Å². The second kappa shape index (κ2) is 9.35. The number of likely N-dealkylation sites (tertiary alicyclic amines) is 1. The van der Waals surface area contributed by atoms with Gasteiger partial charge in [-0.2, -0.15) is 0 Å². The average Bonchev–Trinajstić information content (AvgIpc) is 3.27. The lowest BCUT2D eigenvalue weighted by atomic mass is 9.78. The number of benzene rings is 2. The number of amides is 2. The van der Waals surface area contributed by atoms with E-state index < -0.39 is 28.8 Å². The maximum Gasteiger partial charge on any atom is 0.253 e. The van der Waals surface area contributed by atoms with Crippen LogP contribution < -0.4 is 5.32 Å². The van der Waals surface area contributed by atoms with E-state index in [0.717, 1.165) is 12.8 Å². The summed E-state index contributed by atoms with van der Waals surface area (Å²) in [6.07, 6.45) is 4.26. The number of rotatable bonds is 5. The fourth-order valence-corrected chi connectivity index (χ4v) is 5.12. The topological polar surface area (TPSA) is 49.4 Å². The van der Waals surface area contributed by atoms with E-state index in [0.29, 0.717) is 37.8 Å². The van der Waals surface area contributed by atoms with Crippen molar-refractivity contribution < 1.29 is 22.8 Å². The first-order valence-electron chi connectivity index (χ1n) is 11.2. The highest BCUT2D eigenvalue weighted by Crippen LogP contribution is 2.43. The van der Waals surface area contributed by atoms with E-state index >= 15 is 0 Å². The summed E-state index contributed by atoms with van der Waals surface area (Å²) in [5.74, 6) is -2.39. The summed E-state index contributed by atoms with van der Waals surface area (Å²) in [4.78, 5) is 27.3. The number of nitrogens with zero attached hydrogens (tertiary/aromatic N) is 1. The molecule has 2 aromatic rings. The first kappa shape index (κ1) is 22.4. The van der Waals surface area contributed by atoms with Crippen molar-refractivity contribution in [2.45, 2.75) is 43.9 Å². The summed E-state index contributed by atoms with van der Waals surface area (Å²) >= 11 is 0. The lowest BCUT2D eigenvalue weighted by Gasteiger charge is -2.34. The normalized spacial score (nSPS) is 20.2. The Balaban J connectivity index is 1.43. The minimum Gasteiger partial charge on any atom is -0.355 e. The molecular weight excluding hydrogens is 417 g/mol. The van der Waals surface area contributed by atoms with E-state index in [4.69, 9.17) is 0 Å².